The van der Waals surface area contributed by atoms with E-state index in [1.165, 1.54) is 29.0 Å². The molecule has 1 amide bonds. The lowest BCUT2D eigenvalue weighted by molar-refractivity contribution is -0.385. The average molecular weight is 418 g/mol. The molecule has 3 N–H and O–H groups in total. The van der Waals surface area contributed by atoms with Crippen LogP contribution in [0.25, 0.3) is 0 Å². The van der Waals surface area contributed by atoms with Crippen molar-refractivity contribution in [3.63, 3.8) is 0 Å². The Labute approximate surface area is 170 Å². The smallest absolute Gasteiger partial charge is 0.330 e. The van der Waals surface area contributed by atoms with Crippen LogP contribution in [0.3, 0.4) is 0 Å². The van der Waals surface area contributed by atoms with E-state index >= 15 is 0 Å². The number of ether oxygens (including phenoxy) is 1. The molecular formula is C19H22N4O7. The van der Waals surface area contributed by atoms with Crippen molar-refractivity contribution in [1.29, 1.82) is 0 Å². The maximum atomic E-state index is 12.2. The molecule has 1 saturated heterocycles. The predicted molar refractivity (Wildman–Crippen MR) is 105 cm³/mol. The molecule has 1 aliphatic heterocycles. The molecule has 30 heavy (non-hydrogen) atoms. The molecule has 0 bridgehead atoms. The number of aromatic nitrogens is 2. The Balaban J connectivity index is 1.63. The number of nitrogens with zero attached hydrogens (tertiary/aromatic N) is 2. The Bertz CT molecular complexity index is 1060. The average Bonchev–Trinajstić information content (AvgIpc) is 3.07. The minimum absolute atomic E-state index is 0.0319. The number of hydrogen-bond donors (Lipinski definition) is 3. The molecule has 3 rings (SSSR count). The lowest BCUT2D eigenvalue weighted by Crippen LogP contribution is -2.38. The quantitative estimate of drug-likeness (QED) is 0.422. The first kappa shape index (κ1) is 21.4. The molecule has 1 aromatic heterocycles. The zero-order chi connectivity index (χ0) is 21.8. The molecule has 0 spiro atoms. The minimum atomic E-state index is -0.940. The van der Waals surface area contributed by atoms with Gasteiger partial charge in [0.15, 0.2) is 0 Å². The van der Waals surface area contributed by atoms with Crippen LogP contribution in [0.1, 0.15) is 30.7 Å². The van der Waals surface area contributed by atoms with Crippen LogP contribution in [0.4, 0.5) is 5.69 Å². The normalized spacial score (nSPS) is 20.8. The van der Waals surface area contributed by atoms with E-state index in [0.717, 1.165) is 0 Å². The zero-order valence-corrected chi connectivity index (χ0v) is 16.2. The van der Waals surface area contributed by atoms with E-state index in [1.54, 1.807) is 13.0 Å². The summed E-state index contributed by atoms with van der Waals surface area (Å²) in [6, 6.07) is 5.95. The summed E-state index contributed by atoms with van der Waals surface area (Å²) >= 11 is 0. The van der Waals surface area contributed by atoms with Crippen molar-refractivity contribution in [3.05, 3.63) is 72.5 Å². The summed E-state index contributed by atoms with van der Waals surface area (Å²) in [4.78, 5) is 48.7. The van der Waals surface area contributed by atoms with Crippen LogP contribution < -0.4 is 16.6 Å². The number of rotatable bonds is 7. The summed E-state index contributed by atoms with van der Waals surface area (Å²) in [7, 11) is 0. The van der Waals surface area contributed by atoms with Crippen molar-refractivity contribution in [2.75, 3.05) is 6.54 Å². The second-order valence-electron chi connectivity index (χ2n) is 6.97. The highest BCUT2D eigenvalue weighted by molar-refractivity contribution is 5.79. The van der Waals surface area contributed by atoms with E-state index < -0.39 is 40.5 Å². The topological polar surface area (TPSA) is 157 Å². The Morgan fingerprint density at radius 2 is 2.10 bits per heavy atom. The summed E-state index contributed by atoms with van der Waals surface area (Å²) in [5, 5.41) is 23.9. The number of benzene rings is 1. The molecule has 1 aliphatic rings. The van der Waals surface area contributed by atoms with Gasteiger partial charge in [-0.2, -0.15) is 0 Å². The van der Waals surface area contributed by atoms with Crippen molar-refractivity contribution < 1.29 is 19.6 Å². The molecule has 1 unspecified atom stereocenters. The van der Waals surface area contributed by atoms with Crippen LogP contribution in [0.15, 0.2) is 40.1 Å². The second-order valence-corrected chi connectivity index (χ2v) is 6.97. The number of H-pyrrole nitrogens is 1. The lowest BCUT2D eigenvalue weighted by Gasteiger charge is -2.17. The first-order valence-electron chi connectivity index (χ1n) is 9.47. The van der Waals surface area contributed by atoms with E-state index in [2.05, 4.69) is 10.3 Å². The van der Waals surface area contributed by atoms with E-state index in [0.29, 0.717) is 12.0 Å². The van der Waals surface area contributed by atoms with Gasteiger partial charge in [-0.25, -0.2) is 4.79 Å². The fourth-order valence-corrected chi connectivity index (χ4v) is 3.35. The molecule has 2 aromatic rings. The first-order valence-corrected chi connectivity index (χ1v) is 9.47. The van der Waals surface area contributed by atoms with E-state index in [1.807, 2.05) is 0 Å². The number of nitro groups is 1. The number of nitrogens with one attached hydrogen (secondary N) is 2. The number of amides is 1. The molecule has 1 fully saturated rings. The summed E-state index contributed by atoms with van der Waals surface area (Å²) in [6.45, 7) is 1.75. The summed E-state index contributed by atoms with van der Waals surface area (Å²) in [5.74, 6) is -0.460. The molecule has 1 aromatic carbocycles. The molecule has 160 valence electrons. The monoisotopic (exact) mass is 418 g/mol. The molecule has 0 radical (unpaired) electrons. The highest BCUT2D eigenvalue weighted by atomic mass is 16.6. The van der Waals surface area contributed by atoms with Gasteiger partial charge in [0.25, 0.3) is 11.2 Å². The fraction of sp³-hybridized carbons (Fsp3) is 0.421. The van der Waals surface area contributed by atoms with Gasteiger partial charge in [-0.3, -0.25) is 29.3 Å². The van der Waals surface area contributed by atoms with Gasteiger partial charge < -0.3 is 15.2 Å². The SMILES string of the molecule is CCc1cn([C@@H]2CC(O)[C@H](CNC(=O)Cc3ccccc3[N+](=O)[O-])O2)c(=O)[nH]c1=O. The summed E-state index contributed by atoms with van der Waals surface area (Å²) in [5.41, 5.74) is -0.563. The van der Waals surface area contributed by atoms with Gasteiger partial charge in [0.1, 0.15) is 12.3 Å². The Morgan fingerprint density at radius 1 is 1.37 bits per heavy atom. The van der Waals surface area contributed by atoms with Crippen LogP contribution in [-0.2, 0) is 22.4 Å². The highest BCUT2D eigenvalue weighted by Gasteiger charge is 2.35. The lowest BCUT2D eigenvalue weighted by atomic mass is 10.1. The van der Waals surface area contributed by atoms with Crippen LogP contribution in [0, 0.1) is 10.1 Å². The van der Waals surface area contributed by atoms with E-state index in [9.17, 15) is 29.6 Å². The summed E-state index contributed by atoms with van der Waals surface area (Å²) in [6.07, 6.45) is -0.738. The molecule has 2 heterocycles. The largest absolute Gasteiger partial charge is 0.390 e. The van der Waals surface area contributed by atoms with Crippen molar-refractivity contribution in [2.24, 2.45) is 0 Å². The number of nitro benzene ring substituents is 1. The molecule has 3 atom stereocenters. The third-order valence-electron chi connectivity index (χ3n) is 4.98. The molecule has 11 heteroatoms. The molecular weight excluding hydrogens is 396 g/mol. The van der Waals surface area contributed by atoms with Crippen molar-refractivity contribution in [1.82, 2.24) is 14.9 Å². The third kappa shape index (κ3) is 4.63. The van der Waals surface area contributed by atoms with Crippen molar-refractivity contribution in [3.8, 4) is 0 Å². The number of hydrogen-bond acceptors (Lipinski definition) is 7. The molecule has 0 aliphatic carbocycles. The molecule has 0 saturated carbocycles. The number of carbonyl (C=O) groups excluding carboxylic acids is 1. The Hall–Kier alpha value is -3.31. The number of carbonyl (C=O) groups is 1. The number of aliphatic hydroxyl groups is 1. The highest BCUT2D eigenvalue weighted by Crippen LogP contribution is 2.27. The third-order valence-corrected chi connectivity index (χ3v) is 4.98. The zero-order valence-electron chi connectivity index (χ0n) is 16.2. The van der Waals surface area contributed by atoms with Gasteiger partial charge in [0.2, 0.25) is 5.91 Å². The van der Waals surface area contributed by atoms with Gasteiger partial charge in [-0.1, -0.05) is 25.1 Å². The maximum absolute atomic E-state index is 12.2. The van der Waals surface area contributed by atoms with Gasteiger partial charge in [0.05, 0.1) is 17.4 Å². The van der Waals surface area contributed by atoms with Crippen molar-refractivity contribution in [2.45, 2.75) is 44.6 Å². The van der Waals surface area contributed by atoms with Crippen LogP contribution >= 0.6 is 0 Å². The number of aromatic amines is 1. The van der Waals surface area contributed by atoms with Crippen LogP contribution in [-0.4, -0.2) is 44.2 Å². The Kier molecular flexibility index (Phi) is 6.43. The van der Waals surface area contributed by atoms with Gasteiger partial charge in [0, 0.05) is 36.4 Å². The van der Waals surface area contributed by atoms with Gasteiger partial charge >= 0.3 is 5.69 Å². The van der Waals surface area contributed by atoms with Gasteiger partial charge in [-0.15, -0.1) is 0 Å². The standard InChI is InChI=1S/C19H22N4O7/c1-2-11-10-22(19(27)21-18(11)26)17-8-14(24)15(30-17)9-20-16(25)7-12-5-3-4-6-13(12)23(28)29/h3-6,10,14-15,17,24H,2,7-9H2,1H3,(H,20,25)(H,21,26,27)/t14?,15-,17-/m0/s1. The molecule has 11 nitrogen and oxygen atoms in total. The second kappa shape index (κ2) is 9.01. The summed E-state index contributed by atoms with van der Waals surface area (Å²) < 4.78 is 6.93. The minimum Gasteiger partial charge on any atom is -0.390 e. The van der Waals surface area contributed by atoms with E-state index in [4.69, 9.17) is 4.74 Å². The van der Waals surface area contributed by atoms with Gasteiger partial charge in [-0.05, 0) is 6.42 Å². The van der Waals surface area contributed by atoms with Crippen LogP contribution in [0.5, 0.6) is 0 Å². The number of aliphatic hydroxyl groups excluding tert-OH is 1. The Morgan fingerprint density at radius 3 is 2.80 bits per heavy atom. The predicted octanol–water partition coefficient (Wildman–Crippen LogP) is 0.0145. The maximum Gasteiger partial charge on any atom is 0.330 e. The fourth-order valence-electron chi connectivity index (χ4n) is 3.35. The van der Waals surface area contributed by atoms with Crippen molar-refractivity contribution >= 4 is 11.6 Å². The van der Waals surface area contributed by atoms with E-state index in [-0.39, 0.29) is 30.6 Å². The first-order chi connectivity index (χ1) is 14.3. The van der Waals surface area contributed by atoms with Crippen LogP contribution in [0.2, 0.25) is 0 Å². The number of para-hydroxylation sites is 1. The number of aryl methyl sites for hydroxylation is 1.